The van der Waals surface area contributed by atoms with E-state index in [0.29, 0.717) is 11.1 Å². The normalized spacial score (nSPS) is 14.7. The third kappa shape index (κ3) is 5.03. The van der Waals surface area contributed by atoms with E-state index >= 15 is 0 Å². The molecule has 0 aliphatic carbocycles. The molecule has 3 heterocycles. The van der Waals surface area contributed by atoms with Crippen LogP contribution in [-0.4, -0.2) is 50.0 Å². The van der Waals surface area contributed by atoms with Gasteiger partial charge in [-0.1, -0.05) is 18.2 Å². The molecule has 0 amide bonds. The second-order valence-electron chi connectivity index (χ2n) is 10.0. The minimum atomic E-state index is -3.73. The Bertz CT molecular complexity index is 1760. The Kier molecular flexibility index (Phi) is 6.86. The molecule has 0 spiro atoms. The van der Waals surface area contributed by atoms with Crippen molar-refractivity contribution in [2.24, 2.45) is 0 Å². The summed E-state index contributed by atoms with van der Waals surface area (Å²) in [5, 5.41) is 11.4. The largest absolute Gasteiger partial charge is 0.464 e. The predicted molar refractivity (Wildman–Crippen MR) is 153 cm³/mol. The molecule has 0 atom stereocenters. The third-order valence-electron chi connectivity index (χ3n) is 7.63. The number of furan rings is 1. The number of piperazine rings is 1. The van der Waals surface area contributed by atoms with Crippen LogP contribution in [0, 0.1) is 11.3 Å². The zero-order valence-corrected chi connectivity index (χ0v) is 22.5. The van der Waals surface area contributed by atoms with Crippen molar-refractivity contribution in [2.75, 3.05) is 37.6 Å². The van der Waals surface area contributed by atoms with Gasteiger partial charge in [0.1, 0.15) is 5.58 Å². The van der Waals surface area contributed by atoms with Crippen LogP contribution in [0.1, 0.15) is 24.0 Å². The predicted octanol–water partition coefficient (Wildman–Crippen LogP) is 5.64. The molecule has 7 nitrogen and oxygen atoms in total. The fraction of sp³-hybridized carbons (Fsp3) is 0.258. The molecular formula is C31H30N4O3S. The molecule has 0 N–H and O–H groups in total. The van der Waals surface area contributed by atoms with Gasteiger partial charge in [-0.15, -0.1) is 0 Å². The van der Waals surface area contributed by atoms with E-state index in [1.54, 1.807) is 54.9 Å². The number of aryl methyl sites for hydroxylation is 1. The van der Waals surface area contributed by atoms with Gasteiger partial charge in [0.05, 0.1) is 28.3 Å². The summed E-state index contributed by atoms with van der Waals surface area (Å²) < 4.78 is 33.7. The van der Waals surface area contributed by atoms with Crippen LogP contribution in [0.2, 0.25) is 0 Å². The summed E-state index contributed by atoms with van der Waals surface area (Å²) in [6, 6.07) is 24.3. The van der Waals surface area contributed by atoms with Crippen molar-refractivity contribution in [1.29, 1.82) is 5.26 Å². The van der Waals surface area contributed by atoms with Crippen LogP contribution in [0.15, 0.2) is 94.6 Å². The lowest BCUT2D eigenvalue weighted by atomic mass is 10.1. The van der Waals surface area contributed by atoms with Crippen LogP contribution < -0.4 is 4.90 Å². The molecule has 0 radical (unpaired) electrons. The molecule has 198 valence electrons. The Hall–Kier alpha value is -4.06. The standard InChI is InChI=1S/C31H30N4O3S/c32-22-24-9-11-30-29(20-24)26(23-35(30)39(36,37)28-7-2-1-3-8-28)6-4-5-14-33-15-17-34(18-16-33)27-10-12-31-25(21-27)13-19-38-31/h1-3,7-13,19-21,23H,4-6,14-18H2. The van der Waals surface area contributed by atoms with Gasteiger partial charge in [-0.05, 0) is 86.0 Å². The summed E-state index contributed by atoms with van der Waals surface area (Å²) in [6.07, 6.45) is 6.20. The third-order valence-corrected chi connectivity index (χ3v) is 9.31. The summed E-state index contributed by atoms with van der Waals surface area (Å²) in [6.45, 7) is 5.03. The van der Waals surface area contributed by atoms with Crippen molar-refractivity contribution in [1.82, 2.24) is 8.87 Å². The summed E-state index contributed by atoms with van der Waals surface area (Å²) in [7, 11) is -3.73. The van der Waals surface area contributed by atoms with Crippen LogP contribution in [-0.2, 0) is 16.4 Å². The number of hydrogen-bond acceptors (Lipinski definition) is 6. The Morgan fingerprint density at radius 1 is 0.897 bits per heavy atom. The van der Waals surface area contributed by atoms with Gasteiger partial charge in [-0.3, -0.25) is 4.90 Å². The Morgan fingerprint density at radius 3 is 2.51 bits per heavy atom. The summed E-state index contributed by atoms with van der Waals surface area (Å²) >= 11 is 0. The molecular weight excluding hydrogens is 508 g/mol. The lowest BCUT2D eigenvalue weighted by Crippen LogP contribution is -2.46. The van der Waals surface area contributed by atoms with Crippen LogP contribution in [0.4, 0.5) is 5.69 Å². The van der Waals surface area contributed by atoms with E-state index in [1.807, 2.05) is 18.2 Å². The van der Waals surface area contributed by atoms with E-state index in [9.17, 15) is 13.7 Å². The second-order valence-corrected chi connectivity index (χ2v) is 11.9. The highest BCUT2D eigenvalue weighted by molar-refractivity contribution is 7.90. The second kappa shape index (κ2) is 10.6. The van der Waals surface area contributed by atoms with Gasteiger partial charge < -0.3 is 9.32 Å². The van der Waals surface area contributed by atoms with Crippen molar-refractivity contribution in [3.05, 3.63) is 96.4 Å². The number of fused-ring (bicyclic) bond motifs is 2. The Labute approximate surface area is 228 Å². The van der Waals surface area contributed by atoms with Gasteiger partial charge in [-0.25, -0.2) is 12.4 Å². The first-order chi connectivity index (χ1) is 19.0. The molecule has 1 saturated heterocycles. The lowest BCUT2D eigenvalue weighted by molar-refractivity contribution is 0.253. The van der Waals surface area contributed by atoms with E-state index in [1.165, 1.54) is 9.66 Å². The quantitative estimate of drug-likeness (QED) is 0.238. The topological polar surface area (TPSA) is 82.5 Å². The van der Waals surface area contributed by atoms with E-state index in [-0.39, 0.29) is 4.90 Å². The van der Waals surface area contributed by atoms with Crippen LogP contribution in [0.3, 0.4) is 0 Å². The molecule has 0 saturated carbocycles. The molecule has 39 heavy (non-hydrogen) atoms. The Balaban J connectivity index is 1.10. The average molecular weight is 539 g/mol. The zero-order valence-electron chi connectivity index (χ0n) is 21.7. The highest BCUT2D eigenvalue weighted by Crippen LogP contribution is 2.28. The highest BCUT2D eigenvalue weighted by Gasteiger charge is 2.22. The van der Waals surface area contributed by atoms with Crippen LogP contribution >= 0.6 is 0 Å². The van der Waals surface area contributed by atoms with Crippen LogP contribution in [0.5, 0.6) is 0 Å². The summed E-state index contributed by atoms with van der Waals surface area (Å²) in [5.74, 6) is 0. The molecule has 1 fully saturated rings. The lowest BCUT2D eigenvalue weighted by Gasteiger charge is -2.36. The van der Waals surface area contributed by atoms with Gasteiger partial charge in [0.2, 0.25) is 0 Å². The number of hydrogen-bond donors (Lipinski definition) is 0. The number of unbranched alkanes of at least 4 members (excludes halogenated alkanes) is 1. The first-order valence-electron chi connectivity index (χ1n) is 13.3. The molecule has 8 heteroatoms. The maximum atomic E-state index is 13.4. The molecule has 3 aromatic carbocycles. The Morgan fingerprint density at radius 2 is 1.72 bits per heavy atom. The number of aromatic nitrogens is 1. The van der Waals surface area contributed by atoms with E-state index in [4.69, 9.17) is 4.42 Å². The number of nitrogens with zero attached hydrogens (tertiary/aromatic N) is 4. The molecule has 5 aromatic rings. The van der Waals surface area contributed by atoms with Gasteiger partial charge in [0, 0.05) is 48.8 Å². The SMILES string of the molecule is N#Cc1ccc2c(c1)c(CCCCN1CCN(c3ccc4occc4c3)CC1)cn2S(=O)(=O)c1ccccc1. The molecule has 1 aliphatic rings. The number of rotatable bonds is 8. The molecule has 0 bridgehead atoms. The van der Waals surface area contributed by atoms with Crippen molar-refractivity contribution in [3.63, 3.8) is 0 Å². The minimum Gasteiger partial charge on any atom is -0.464 e. The number of anilines is 1. The van der Waals surface area contributed by atoms with Gasteiger partial charge in [-0.2, -0.15) is 5.26 Å². The zero-order chi connectivity index (χ0) is 26.8. The van der Waals surface area contributed by atoms with Gasteiger partial charge >= 0.3 is 0 Å². The molecule has 0 unspecified atom stereocenters. The summed E-state index contributed by atoms with van der Waals surface area (Å²) in [5.41, 5.74) is 4.26. The van der Waals surface area contributed by atoms with E-state index in [2.05, 4.69) is 28.0 Å². The number of nitriles is 1. The molecule has 1 aliphatic heterocycles. The van der Waals surface area contributed by atoms with Gasteiger partial charge in [0.25, 0.3) is 10.0 Å². The maximum Gasteiger partial charge on any atom is 0.268 e. The monoisotopic (exact) mass is 538 g/mol. The maximum absolute atomic E-state index is 13.4. The molecule has 6 rings (SSSR count). The van der Waals surface area contributed by atoms with Gasteiger partial charge in [0.15, 0.2) is 0 Å². The van der Waals surface area contributed by atoms with Crippen molar-refractivity contribution in [2.45, 2.75) is 24.2 Å². The first kappa shape index (κ1) is 25.2. The van der Waals surface area contributed by atoms with Crippen molar-refractivity contribution in [3.8, 4) is 6.07 Å². The summed E-state index contributed by atoms with van der Waals surface area (Å²) in [4.78, 5) is 5.18. The minimum absolute atomic E-state index is 0.252. The number of benzene rings is 3. The van der Waals surface area contributed by atoms with E-state index in [0.717, 1.165) is 73.9 Å². The van der Waals surface area contributed by atoms with Crippen molar-refractivity contribution < 1.29 is 12.8 Å². The highest BCUT2D eigenvalue weighted by atomic mass is 32.2. The molecule has 2 aromatic heterocycles. The van der Waals surface area contributed by atoms with Crippen LogP contribution in [0.25, 0.3) is 21.9 Å². The average Bonchev–Trinajstić information content (AvgIpc) is 3.60. The van der Waals surface area contributed by atoms with Crippen molar-refractivity contribution >= 4 is 37.6 Å². The fourth-order valence-electron chi connectivity index (χ4n) is 5.47. The first-order valence-corrected chi connectivity index (χ1v) is 14.8. The smallest absolute Gasteiger partial charge is 0.268 e. The van der Waals surface area contributed by atoms with E-state index < -0.39 is 10.0 Å². The fourth-order valence-corrected chi connectivity index (χ4v) is 6.88.